The molecule has 188 valence electrons. The van der Waals surface area contributed by atoms with Gasteiger partial charge in [0.05, 0.1) is 10.6 Å². The molecule has 0 spiro atoms. The number of nitrogens with zero attached hydrogens (tertiary/aromatic N) is 2. The third-order valence-corrected chi connectivity index (χ3v) is 9.79. The monoisotopic (exact) mass is 510 g/mol. The van der Waals surface area contributed by atoms with E-state index in [1.54, 1.807) is 0 Å². The van der Waals surface area contributed by atoms with Gasteiger partial charge in [0, 0.05) is 25.7 Å². The fraction of sp³-hybridized carbons (Fsp3) is 0.680. The summed E-state index contributed by atoms with van der Waals surface area (Å²) >= 11 is 6.23. The van der Waals surface area contributed by atoms with Crippen molar-refractivity contribution in [2.24, 2.45) is 10.8 Å². The third kappa shape index (κ3) is 5.29. The minimum atomic E-state index is -3.83. The topological polar surface area (TPSA) is 84.0 Å². The molecule has 2 atom stereocenters. The first kappa shape index (κ1) is 25.5. The van der Waals surface area contributed by atoms with Crippen molar-refractivity contribution < 1.29 is 22.7 Å². The normalized spacial score (nSPS) is 27.3. The van der Waals surface area contributed by atoms with Gasteiger partial charge in [0.25, 0.3) is 5.91 Å². The Labute approximate surface area is 207 Å². The number of halogens is 1. The van der Waals surface area contributed by atoms with Gasteiger partial charge < -0.3 is 9.64 Å². The highest BCUT2D eigenvalue weighted by atomic mass is 35.5. The van der Waals surface area contributed by atoms with Crippen LogP contribution in [0.2, 0.25) is 5.02 Å². The molecule has 9 heteroatoms. The lowest BCUT2D eigenvalue weighted by molar-refractivity contribution is -0.135. The molecular formula is C25H35ClN2O5S. The smallest absolute Gasteiger partial charge is 0.338 e. The Morgan fingerprint density at radius 3 is 2.44 bits per heavy atom. The summed E-state index contributed by atoms with van der Waals surface area (Å²) in [6.45, 7) is 7.90. The summed E-state index contributed by atoms with van der Waals surface area (Å²) in [5.41, 5.74) is 0.347. The first-order chi connectivity index (χ1) is 15.9. The predicted octanol–water partition coefficient (Wildman–Crippen LogP) is 4.49. The predicted molar refractivity (Wildman–Crippen MR) is 130 cm³/mol. The van der Waals surface area contributed by atoms with E-state index in [1.165, 1.54) is 22.5 Å². The van der Waals surface area contributed by atoms with E-state index >= 15 is 0 Å². The van der Waals surface area contributed by atoms with E-state index in [1.807, 2.05) is 4.90 Å². The Balaban J connectivity index is 1.43. The maximum Gasteiger partial charge on any atom is 0.338 e. The van der Waals surface area contributed by atoms with Crippen LogP contribution in [0.3, 0.4) is 0 Å². The van der Waals surface area contributed by atoms with E-state index in [0.29, 0.717) is 19.6 Å². The Hall–Kier alpha value is -1.64. The van der Waals surface area contributed by atoms with Crippen molar-refractivity contribution in [1.82, 2.24) is 9.21 Å². The fourth-order valence-corrected chi connectivity index (χ4v) is 8.31. The first-order valence-corrected chi connectivity index (χ1v) is 14.0. The molecule has 7 nitrogen and oxygen atoms in total. The molecule has 2 bridgehead atoms. The van der Waals surface area contributed by atoms with E-state index in [-0.39, 0.29) is 44.9 Å². The molecule has 2 saturated heterocycles. The van der Waals surface area contributed by atoms with Crippen LogP contribution in [-0.4, -0.2) is 61.8 Å². The average Bonchev–Trinajstić information content (AvgIpc) is 2.92. The van der Waals surface area contributed by atoms with Gasteiger partial charge in [-0.1, -0.05) is 45.2 Å². The van der Waals surface area contributed by atoms with E-state index in [2.05, 4.69) is 20.8 Å². The second kappa shape index (κ2) is 9.43. The summed E-state index contributed by atoms with van der Waals surface area (Å²) in [5.74, 6) is -0.933. The number of rotatable bonds is 5. The molecule has 1 aliphatic carbocycles. The van der Waals surface area contributed by atoms with Crippen LogP contribution in [0.4, 0.5) is 0 Å². The second-order valence-electron chi connectivity index (χ2n) is 11.3. The maximum absolute atomic E-state index is 13.2. The zero-order chi connectivity index (χ0) is 24.7. The van der Waals surface area contributed by atoms with Gasteiger partial charge in [0.1, 0.15) is 4.90 Å². The summed E-state index contributed by atoms with van der Waals surface area (Å²) in [6, 6.07) is 4.27. The third-order valence-electron chi connectivity index (χ3n) is 7.41. The lowest BCUT2D eigenvalue weighted by Gasteiger charge is -2.39. The maximum atomic E-state index is 13.2. The Morgan fingerprint density at radius 1 is 1.09 bits per heavy atom. The molecule has 1 aromatic carbocycles. The molecule has 1 aromatic rings. The van der Waals surface area contributed by atoms with Crippen molar-refractivity contribution in [1.29, 1.82) is 0 Å². The van der Waals surface area contributed by atoms with Crippen molar-refractivity contribution in [3.05, 3.63) is 28.8 Å². The molecule has 2 unspecified atom stereocenters. The van der Waals surface area contributed by atoms with Gasteiger partial charge in [0.2, 0.25) is 10.0 Å². The summed E-state index contributed by atoms with van der Waals surface area (Å²) in [7, 11) is -3.83. The lowest BCUT2D eigenvalue weighted by atomic mass is 9.65. The molecule has 0 N–H and O–H groups in total. The molecular weight excluding hydrogens is 476 g/mol. The van der Waals surface area contributed by atoms with Crippen LogP contribution >= 0.6 is 11.6 Å². The molecule has 0 aromatic heterocycles. The number of ether oxygens (including phenoxy) is 1. The van der Waals surface area contributed by atoms with Gasteiger partial charge in [-0.15, -0.1) is 0 Å². The van der Waals surface area contributed by atoms with Crippen LogP contribution in [0.25, 0.3) is 0 Å². The molecule has 3 fully saturated rings. The highest BCUT2D eigenvalue weighted by Gasteiger charge is 2.51. The van der Waals surface area contributed by atoms with E-state index < -0.39 is 16.0 Å². The number of benzene rings is 1. The second-order valence-corrected chi connectivity index (χ2v) is 13.6. The van der Waals surface area contributed by atoms with Gasteiger partial charge in [-0.25, -0.2) is 13.2 Å². The minimum absolute atomic E-state index is 0.0667. The fourth-order valence-electron chi connectivity index (χ4n) is 6.29. The zero-order valence-corrected chi connectivity index (χ0v) is 21.9. The Morgan fingerprint density at radius 2 is 1.76 bits per heavy atom. The molecule has 4 rings (SSSR count). The molecule has 0 radical (unpaired) electrons. The minimum Gasteiger partial charge on any atom is -0.452 e. The van der Waals surface area contributed by atoms with Gasteiger partial charge >= 0.3 is 5.97 Å². The van der Waals surface area contributed by atoms with Crippen LogP contribution in [0.15, 0.2) is 23.1 Å². The highest BCUT2D eigenvalue weighted by molar-refractivity contribution is 7.89. The van der Waals surface area contributed by atoms with Crippen LogP contribution in [0, 0.1) is 10.8 Å². The molecule has 1 amide bonds. The number of likely N-dealkylation sites (tertiary alicyclic amines) is 1. The molecule has 1 saturated carbocycles. The van der Waals surface area contributed by atoms with Crippen LogP contribution < -0.4 is 0 Å². The van der Waals surface area contributed by atoms with Gasteiger partial charge in [-0.3, -0.25) is 4.79 Å². The Kier molecular flexibility index (Phi) is 7.06. The number of hydrogen-bond donors (Lipinski definition) is 0. The number of carbonyl (C=O) groups is 2. The molecule has 2 aliphatic heterocycles. The van der Waals surface area contributed by atoms with Crippen LogP contribution in [0.1, 0.15) is 76.1 Å². The largest absolute Gasteiger partial charge is 0.452 e. The van der Waals surface area contributed by atoms with Crippen molar-refractivity contribution in [2.75, 3.05) is 26.2 Å². The van der Waals surface area contributed by atoms with Gasteiger partial charge in [0.15, 0.2) is 6.61 Å². The summed E-state index contributed by atoms with van der Waals surface area (Å²) in [4.78, 5) is 27.4. The van der Waals surface area contributed by atoms with Crippen molar-refractivity contribution >= 4 is 33.5 Å². The summed E-state index contributed by atoms with van der Waals surface area (Å²) < 4.78 is 33.2. The number of esters is 1. The number of amides is 1. The highest BCUT2D eigenvalue weighted by Crippen LogP contribution is 2.52. The quantitative estimate of drug-likeness (QED) is 0.545. The van der Waals surface area contributed by atoms with Crippen molar-refractivity contribution in [3.8, 4) is 0 Å². The van der Waals surface area contributed by atoms with E-state index in [0.717, 1.165) is 44.9 Å². The van der Waals surface area contributed by atoms with E-state index in [4.69, 9.17) is 16.3 Å². The van der Waals surface area contributed by atoms with Crippen LogP contribution in [-0.2, 0) is 19.6 Å². The number of carbonyl (C=O) groups excluding carboxylic acids is 2. The Bertz CT molecular complexity index is 1070. The number of hydrogen-bond acceptors (Lipinski definition) is 5. The van der Waals surface area contributed by atoms with Crippen molar-refractivity contribution in [2.45, 2.75) is 76.7 Å². The first-order valence-electron chi connectivity index (χ1n) is 12.2. The molecule has 3 aliphatic rings. The van der Waals surface area contributed by atoms with Crippen molar-refractivity contribution in [3.63, 3.8) is 0 Å². The van der Waals surface area contributed by atoms with Gasteiger partial charge in [-0.05, 0) is 61.1 Å². The number of sulfonamides is 1. The van der Waals surface area contributed by atoms with Crippen LogP contribution in [0.5, 0.6) is 0 Å². The zero-order valence-electron chi connectivity index (χ0n) is 20.3. The number of fused-ring (bicyclic) bond motifs is 2. The molecule has 34 heavy (non-hydrogen) atoms. The standard InChI is InChI=1S/C25H35ClN2O5S/c1-24(2)13-19-14-25(3,16-24)17-28(19)22(29)15-33-23(30)18-8-9-20(26)21(12-18)34(31,32)27-10-6-4-5-7-11-27/h8-9,12,19H,4-7,10-11,13-17H2,1-3H3. The van der Waals surface area contributed by atoms with E-state index in [9.17, 15) is 18.0 Å². The van der Waals surface area contributed by atoms with Gasteiger partial charge in [-0.2, -0.15) is 4.31 Å². The summed E-state index contributed by atoms with van der Waals surface area (Å²) in [5, 5.41) is 0.0667. The average molecular weight is 511 g/mol. The summed E-state index contributed by atoms with van der Waals surface area (Å²) in [6.07, 6.45) is 6.58. The molecule has 2 heterocycles. The lowest BCUT2D eigenvalue weighted by Crippen LogP contribution is -2.39. The SMILES string of the molecule is CC1(C)CC2CC(C)(CN2C(=O)COC(=O)c2ccc(Cl)c(S(=O)(=O)N3CCCCCC3)c2)C1.